The zero-order chi connectivity index (χ0) is 15.0. The predicted octanol–water partition coefficient (Wildman–Crippen LogP) is 2.48. The fraction of sp³-hybridized carbons (Fsp3) is 0.500. The van der Waals surface area contributed by atoms with Crippen LogP contribution in [0.2, 0.25) is 0 Å². The molecule has 21 heavy (non-hydrogen) atoms. The number of hydrogen-bond acceptors (Lipinski definition) is 5. The van der Waals surface area contributed by atoms with Crippen molar-refractivity contribution in [2.45, 2.75) is 32.6 Å². The Bertz CT molecular complexity index is 714. The molecule has 0 aliphatic heterocycles. The Morgan fingerprint density at radius 2 is 2.10 bits per heavy atom. The lowest BCUT2D eigenvalue weighted by Crippen LogP contribution is -2.11. The number of fused-ring (bicyclic) bond motifs is 1. The Morgan fingerprint density at radius 3 is 2.71 bits per heavy atom. The molecule has 3 rings (SSSR count). The third kappa shape index (κ3) is 3.07. The van der Waals surface area contributed by atoms with E-state index in [2.05, 4.69) is 41.3 Å². The molecule has 0 fully saturated rings. The van der Waals surface area contributed by atoms with Crippen molar-refractivity contribution in [2.24, 2.45) is 7.05 Å². The molecule has 3 aromatic rings. The van der Waals surface area contributed by atoms with Gasteiger partial charge in [0.25, 0.3) is 0 Å². The quantitative estimate of drug-likeness (QED) is 0.804. The number of rotatable bonds is 4. The number of anilines is 1. The highest BCUT2D eigenvalue weighted by Crippen LogP contribution is 2.25. The molecule has 3 aromatic heterocycles. The molecule has 6 nitrogen and oxygen atoms in total. The minimum Gasteiger partial charge on any atom is -0.360 e. The first-order valence-corrected chi connectivity index (χ1v) is 7.81. The van der Waals surface area contributed by atoms with Gasteiger partial charge in [0.1, 0.15) is 0 Å². The van der Waals surface area contributed by atoms with Crippen LogP contribution >= 0.6 is 11.3 Å². The molecular formula is C14H20N6S. The maximum absolute atomic E-state index is 4.64. The van der Waals surface area contributed by atoms with Crippen LogP contribution in [0.15, 0.2) is 18.6 Å². The van der Waals surface area contributed by atoms with Gasteiger partial charge in [-0.25, -0.2) is 9.50 Å². The molecule has 0 bridgehead atoms. The highest BCUT2D eigenvalue weighted by molar-refractivity contribution is 7.20. The van der Waals surface area contributed by atoms with Crippen molar-refractivity contribution >= 4 is 21.4 Å². The van der Waals surface area contributed by atoms with Crippen molar-refractivity contribution in [3.63, 3.8) is 0 Å². The topological polar surface area (TPSA) is 60.0 Å². The molecule has 0 aromatic carbocycles. The summed E-state index contributed by atoms with van der Waals surface area (Å²) in [5.41, 5.74) is 2.35. The fourth-order valence-corrected chi connectivity index (χ4v) is 2.85. The second-order valence-electron chi connectivity index (χ2n) is 6.21. The summed E-state index contributed by atoms with van der Waals surface area (Å²) in [4.78, 5) is 5.57. The van der Waals surface area contributed by atoms with Gasteiger partial charge in [0.05, 0.1) is 18.1 Å². The fourth-order valence-electron chi connectivity index (χ4n) is 2.05. The predicted molar refractivity (Wildman–Crippen MR) is 85.0 cm³/mol. The van der Waals surface area contributed by atoms with Crippen LogP contribution in [0.1, 0.15) is 32.0 Å². The number of imidazole rings is 1. The molecule has 0 amide bonds. The average molecular weight is 304 g/mol. The first-order chi connectivity index (χ1) is 9.91. The second kappa shape index (κ2) is 5.14. The molecular weight excluding hydrogens is 284 g/mol. The van der Waals surface area contributed by atoms with Crippen molar-refractivity contribution in [2.75, 3.05) is 11.9 Å². The molecule has 0 unspecified atom stereocenters. The first kappa shape index (κ1) is 14.1. The number of nitrogens with zero attached hydrogens (tertiary/aromatic N) is 5. The van der Waals surface area contributed by atoms with Crippen molar-refractivity contribution < 1.29 is 0 Å². The van der Waals surface area contributed by atoms with E-state index in [1.165, 1.54) is 5.56 Å². The van der Waals surface area contributed by atoms with Crippen LogP contribution in [0, 0.1) is 0 Å². The van der Waals surface area contributed by atoms with Gasteiger partial charge in [-0.2, -0.15) is 5.10 Å². The summed E-state index contributed by atoms with van der Waals surface area (Å²) in [7, 11) is 1.93. The monoisotopic (exact) mass is 304 g/mol. The lowest BCUT2D eigenvalue weighted by atomic mass is 9.93. The molecule has 0 aliphatic rings. The van der Waals surface area contributed by atoms with Crippen LogP contribution in [0.5, 0.6) is 0 Å². The average Bonchev–Trinajstić information content (AvgIpc) is 3.02. The van der Waals surface area contributed by atoms with Crippen molar-refractivity contribution in [3.8, 4) is 0 Å². The Balaban J connectivity index is 1.64. The van der Waals surface area contributed by atoms with Crippen molar-refractivity contribution in [1.82, 2.24) is 24.4 Å². The third-order valence-corrected chi connectivity index (χ3v) is 4.14. The number of hydrogen-bond donors (Lipinski definition) is 1. The Hall–Kier alpha value is -1.89. The van der Waals surface area contributed by atoms with Crippen molar-refractivity contribution in [1.29, 1.82) is 0 Å². The maximum atomic E-state index is 4.64. The Morgan fingerprint density at radius 1 is 1.29 bits per heavy atom. The minimum absolute atomic E-state index is 0.0569. The zero-order valence-electron chi connectivity index (χ0n) is 12.8. The number of nitrogens with one attached hydrogen (secondary N) is 1. The summed E-state index contributed by atoms with van der Waals surface area (Å²) < 4.78 is 3.68. The normalized spacial score (nSPS) is 12.2. The molecule has 7 heteroatoms. The minimum atomic E-state index is 0.0569. The molecule has 3 heterocycles. The van der Waals surface area contributed by atoms with E-state index in [0.29, 0.717) is 0 Å². The molecule has 0 spiro atoms. The van der Waals surface area contributed by atoms with E-state index in [-0.39, 0.29) is 5.41 Å². The highest BCUT2D eigenvalue weighted by Gasteiger charge is 2.19. The van der Waals surface area contributed by atoms with Crippen LogP contribution in [-0.2, 0) is 18.9 Å². The van der Waals surface area contributed by atoms with Crippen LogP contribution in [0.25, 0.3) is 4.96 Å². The van der Waals surface area contributed by atoms with E-state index in [1.54, 1.807) is 11.3 Å². The second-order valence-corrected chi connectivity index (χ2v) is 7.17. The molecule has 0 atom stereocenters. The van der Waals surface area contributed by atoms with Crippen LogP contribution in [0.3, 0.4) is 0 Å². The number of aryl methyl sites for hydroxylation is 1. The van der Waals surface area contributed by atoms with Crippen LogP contribution in [-0.4, -0.2) is 30.9 Å². The van der Waals surface area contributed by atoms with Crippen molar-refractivity contribution in [3.05, 3.63) is 29.8 Å². The van der Waals surface area contributed by atoms with Gasteiger partial charge in [-0.05, 0) is 12.0 Å². The number of aromatic nitrogens is 5. The van der Waals surface area contributed by atoms with E-state index < -0.39 is 0 Å². The molecule has 0 saturated heterocycles. The van der Waals surface area contributed by atoms with Crippen LogP contribution < -0.4 is 5.32 Å². The summed E-state index contributed by atoms with van der Waals surface area (Å²) >= 11 is 1.58. The SMILES string of the molecule is Cn1cc(CCNc2nn3cc(C(C)(C)C)nc3s2)cn1. The maximum Gasteiger partial charge on any atom is 0.214 e. The van der Waals surface area contributed by atoms with E-state index in [0.717, 1.165) is 28.8 Å². The van der Waals surface area contributed by atoms with Crippen LogP contribution in [0.4, 0.5) is 5.13 Å². The Kier molecular flexibility index (Phi) is 3.44. The van der Waals surface area contributed by atoms with Gasteiger partial charge in [-0.1, -0.05) is 32.1 Å². The lowest BCUT2D eigenvalue weighted by Gasteiger charge is -2.13. The zero-order valence-corrected chi connectivity index (χ0v) is 13.6. The van der Waals surface area contributed by atoms with Gasteiger partial charge in [-0.15, -0.1) is 5.10 Å². The molecule has 1 N–H and O–H groups in total. The van der Waals surface area contributed by atoms with E-state index in [4.69, 9.17) is 0 Å². The van der Waals surface area contributed by atoms with Gasteiger partial charge < -0.3 is 5.32 Å². The molecule has 0 saturated carbocycles. The van der Waals surface area contributed by atoms with E-state index in [9.17, 15) is 0 Å². The summed E-state index contributed by atoms with van der Waals surface area (Å²) in [6.07, 6.45) is 6.87. The van der Waals surface area contributed by atoms with Gasteiger partial charge in [0.2, 0.25) is 10.1 Å². The summed E-state index contributed by atoms with van der Waals surface area (Å²) in [5, 5.41) is 12.9. The molecule has 0 radical (unpaired) electrons. The third-order valence-electron chi connectivity index (χ3n) is 3.26. The first-order valence-electron chi connectivity index (χ1n) is 7.00. The van der Waals surface area contributed by atoms with E-state index >= 15 is 0 Å². The summed E-state index contributed by atoms with van der Waals surface area (Å²) in [6.45, 7) is 7.32. The summed E-state index contributed by atoms with van der Waals surface area (Å²) in [6, 6.07) is 0. The van der Waals surface area contributed by atoms with Gasteiger partial charge in [-0.3, -0.25) is 4.68 Å². The lowest BCUT2D eigenvalue weighted by molar-refractivity contribution is 0.572. The summed E-state index contributed by atoms with van der Waals surface area (Å²) in [5.74, 6) is 0. The standard InChI is InChI=1S/C14H20N6S/c1-14(2,3)11-9-20-13(17-11)21-12(18-20)15-6-5-10-7-16-19(4)8-10/h7-9H,5-6H2,1-4H3,(H,15,18). The van der Waals surface area contributed by atoms with Gasteiger partial charge in [0.15, 0.2) is 0 Å². The molecule has 112 valence electrons. The molecule has 0 aliphatic carbocycles. The smallest absolute Gasteiger partial charge is 0.214 e. The van der Waals surface area contributed by atoms with E-state index in [1.807, 2.05) is 34.8 Å². The highest BCUT2D eigenvalue weighted by atomic mass is 32.1. The van der Waals surface area contributed by atoms with Gasteiger partial charge >= 0.3 is 0 Å². The van der Waals surface area contributed by atoms with Gasteiger partial charge in [0, 0.05) is 25.2 Å². The Labute approximate surface area is 127 Å². The largest absolute Gasteiger partial charge is 0.360 e.